The van der Waals surface area contributed by atoms with Crippen LogP contribution in [0.25, 0.3) is 0 Å². The molecule has 0 aliphatic carbocycles. The van der Waals surface area contributed by atoms with Gasteiger partial charge in [0.15, 0.2) is 0 Å². The minimum Gasteiger partial charge on any atom is -0.394 e. The van der Waals surface area contributed by atoms with Crippen molar-refractivity contribution in [3.05, 3.63) is 11.6 Å². The van der Waals surface area contributed by atoms with E-state index in [1.54, 1.807) is 0 Å². The summed E-state index contributed by atoms with van der Waals surface area (Å²) in [7, 11) is 0. The van der Waals surface area contributed by atoms with Crippen LogP contribution in [-0.4, -0.2) is 11.3 Å². The van der Waals surface area contributed by atoms with Crippen molar-refractivity contribution in [1.29, 1.82) is 0 Å². The third kappa shape index (κ3) is 2.88. The third-order valence-electron chi connectivity index (χ3n) is 1.56. The van der Waals surface area contributed by atoms with Gasteiger partial charge in [-0.2, -0.15) is 4.98 Å². The number of aromatic nitrogens is 1. The van der Waals surface area contributed by atoms with Crippen molar-refractivity contribution in [3.63, 3.8) is 0 Å². The van der Waals surface area contributed by atoms with Crippen molar-refractivity contribution < 1.29 is 17.9 Å². The van der Waals surface area contributed by atoms with Crippen molar-refractivity contribution >= 4 is 11.5 Å². The number of anilines is 2. The zero-order valence-corrected chi connectivity index (χ0v) is 7.51. The van der Waals surface area contributed by atoms with Crippen LogP contribution in [0.5, 0.6) is 5.88 Å². The van der Waals surface area contributed by atoms with E-state index in [1.807, 2.05) is 0 Å². The molecule has 0 fully saturated rings. The Bertz CT molecular complexity index is 366. The summed E-state index contributed by atoms with van der Waals surface area (Å²) < 4.78 is 39.3. The topological polar surface area (TPSA) is 100 Å². The highest BCUT2D eigenvalue weighted by atomic mass is 19.4. The fraction of sp³-hybridized carbons (Fsp3) is 0.286. The second kappa shape index (κ2) is 3.81. The number of halogens is 3. The smallest absolute Gasteiger partial charge is 0.394 e. The summed E-state index contributed by atoms with van der Waals surface area (Å²) in [6.07, 6.45) is -4.86. The molecule has 0 unspecified atom stereocenters. The Morgan fingerprint density at radius 1 is 1.33 bits per heavy atom. The maximum atomic E-state index is 11.9. The van der Waals surface area contributed by atoms with Gasteiger partial charge >= 0.3 is 6.36 Å². The molecule has 0 spiro atoms. The molecule has 0 aliphatic heterocycles. The fourth-order valence-corrected chi connectivity index (χ4v) is 0.960. The zero-order chi connectivity index (χ0) is 11.6. The molecule has 5 nitrogen and oxygen atoms in total. The first kappa shape index (κ1) is 11.4. The van der Waals surface area contributed by atoms with E-state index in [4.69, 9.17) is 17.2 Å². The minimum absolute atomic E-state index is 0.0488. The van der Waals surface area contributed by atoms with Crippen molar-refractivity contribution in [2.75, 3.05) is 11.5 Å². The molecule has 0 aliphatic rings. The highest BCUT2D eigenvalue weighted by Gasteiger charge is 2.33. The number of alkyl halides is 3. The molecule has 0 bridgehead atoms. The quantitative estimate of drug-likeness (QED) is 0.680. The van der Waals surface area contributed by atoms with Gasteiger partial charge in [-0.05, 0) is 11.6 Å². The Morgan fingerprint density at radius 3 is 2.40 bits per heavy atom. The Labute approximate surface area is 83.0 Å². The van der Waals surface area contributed by atoms with Crippen LogP contribution in [0, 0.1) is 0 Å². The predicted octanol–water partition coefficient (Wildman–Crippen LogP) is 0.603. The van der Waals surface area contributed by atoms with Gasteiger partial charge in [0.25, 0.3) is 0 Å². The first-order chi connectivity index (χ1) is 6.83. The number of hydrogen-bond donors (Lipinski definition) is 3. The van der Waals surface area contributed by atoms with E-state index < -0.39 is 12.2 Å². The van der Waals surface area contributed by atoms with Crippen LogP contribution in [0.2, 0.25) is 0 Å². The van der Waals surface area contributed by atoms with Gasteiger partial charge in [-0.3, -0.25) is 0 Å². The zero-order valence-electron chi connectivity index (χ0n) is 7.51. The van der Waals surface area contributed by atoms with Crippen LogP contribution in [0.1, 0.15) is 5.56 Å². The Hall–Kier alpha value is -1.70. The second-order valence-corrected chi connectivity index (χ2v) is 2.68. The van der Waals surface area contributed by atoms with Crippen molar-refractivity contribution in [1.82, 2.24) is 4.98 Å². The second-order valence-electron chi connectivity index (χ2n) is 2.68. The monoisotopic (exact) mass is 222 g/mol. The van der Waals surface area contributed by atoms with Crippen LogP contribution >= 0.6 is 0 Å². The molecule has 1 rings (SSSR count). The fourth-order valence-electron chi connectivity index (χ4n) is 0.960. The number of nitrogens with zero attached hydrogens (tertiary/aromatic N) is 1. The van der Waals surface area contributed by atoms with E-state index >= 15 is 0 Å². The summed E-state index contributed by atoms with van der Waals surface area (Å²) >= 11 is 0. The van der Waals surface area contributed by atoms with Crippen LogP contribution in [0.4, 0.5) is 24.7 Å². The highest BCUT2D eigenvalue weighted by Crippen LogP contribution is 2.29. The molecule has 0 saturated carbocycles. The van der Waals surface area contributed by atoms with E-state index in [0.717, 1.165) is 0 Å². The minimum atomic E-state index is -4.86. The Morgan fingerprint density at radius 2 is 1.93 bits per heavy atom. The number of rotatable bonds is 2. The molecule has 1 heterocycles. The standard InChI is InChI=1S/C7H9F3N4O/c8-7(9,10)15-6-5(13)3(2-11)1-4(12)14-6/h1H,2,11,13H2,(H2,12,14). The molecule has 0 atom stereocenters. The average molecular weight is 222 g/mol. The van der Waals surface area contributed by atoms with Gasteiger partial charge in [0, 0.05) is 6.54 Å². The maximum absolute atomic E-state index is 11.9. The van der Waals surface area contributed by atoms with Crippen molar-refractivity contribution in [2.24, 2.45) is 5.73 Å². The summed E-state index contributed by atoms with van der Waals surface area (Å²) in [6, 6.07) is 1.29. The SMILES string of the molecule is NCc1cc(N)nc(OC(F)(F)F)c1N. The lowest BCUT2D eigenvalue weighted by molar-refractivity contribution is -0.275. The van der Waals surface area contributed by atoms with E-state index in [1.165, 1.54) is 6.07 Å². The molecule has 8 heteroatoms. The predicted molar refractivity (Wildman–Crippen MR) is 47.6 cm³/mol. The summed E-state index contributed by atoms with van der Waals surface area (Å²) in [5.74, 6) is -0.910. The number of nitrogens with two attached hydrogens (primary N) is 3. The molecule has 0 saturated heterocycles. The lowest BCUT2D eigenvalue weighted by atomic mass is 10.2. The van der Waals surface area contributed by atoms with Crippen LogP contribution in [0.15, 0.2) is 6.07 Å². The Balaban J connectivity index is 3.12. The van der Waals surface area contributed by atoms with Gasteiger partial charge in [-0.25, -0.2) is 0 Å². The molecule has 0 amide bonds. The van der Waals surface area contributed by atoms with Crippen LogP contribution in [-0.2, 0) is 6.54 Å². The van der Waals surface area contributed by atoms with Crippen LogP contribution < -0.4 is 21.9 Å². The van der Waals surface area contributed by atoms with Crippen LogP contribution in [0.3, 0.4) is 0 Å². The molecule has 0 radical (unpaired) electrons. The lowest BCUT2D eigenvalue weighted by Crippen LogP contribution is -2.20. The first-order valence-corrected chi connectivity index (χ1v) is 3.84. The molecule has 6 N–H and O–H groups in total. The molecule has 1 aromatic heterocycles. The van der Waals surface area contributed by atoms with Gasteiger partial charge in [0.1, 0.15) is 5.82 Å². The maximum Gasteiger partial charge on any atom is 0.574 e. The third-order valence-corrected chi connectivity index (χ3v) is 1.56. The highest BCUT2D eigenvalue weighted by molar-refractivity contribution is 5.59. The van der Waals surface area contributed by atoms with Gasteiger partial charge in [0.2, 0.25) is 5.88 Å². The lowest BCUT2D eigenvalue weighted by Gasteiger charge is -2.12. The number of nitrogen functional groups attached to an aromatic ring is 2. The summed E-state index contributed by atoms with van der Waals surface area (Å²) in [5.41, 5.74) is 15.8. The first-order valence-electron chi connectivity index (χ1n) is 3.84. The summed E-state index contributed by atoms with van der Waals surface area (Å²) in [6.45, 7) is -0.0488. The molecular formula is C7H9F3N4O. The molecule has 0 aromatic carbocycles. The normalized spacial score (nSPS) is 11.5. The van der Waals surface area contributed by atoms with Crippen molar-refractivity contribution in [3.8, 4) is 5.88 Å². The van der Waals surface area contributed by atoms with Gasteiger partial charge < -0.3 is 21.9 Å². The van der Waals surface area contributed by atoms with Crippen molar-refractivity contribution in [2.45, 2.75) is 12.9 Å². The molecule has 1 aromatic rings. The summed E-state index contributed by atoms with van der Waals surface area (Å²) in [5, 5.41) is 0. The van der Waals surface area contributed by atoms with Gasteiger partial charge in [-0.15, -0.1) is 13.2 Å². The Kier molecular flexibility index (Phi) is 2.89. The molecule has 84 valence electrons. The van der Waals surface area contributed by atoms with Gasteiger partial charge in [0.05, 0.1) is 5.69 Å². The average Bonchev–Trinajstić information content (AvgIpc) is 2.08. The van der Waals surface area contributed by atoms with E-state index in [-0.39, 0.29) is 23.6 Å². The van der Waals surface area contributed by atoms with E-state index in [9.17, 15) is 13.2 Å². The van der Waals surface area contributed by atoms with Gasteiger partial charge in [-0.1, -0.05) is 0 Å². The number of hydrogen-bond acceptors (Lipinski definition) is 5. The number of ether oxygens (including phenoxy) is 1. The van der Waals surface area contributed by atoms with E-state index in [0.29, 0.717) is 0 Å². The largest absolute Gasteiger partial charge is 0.574 e. The number of pyridine rings is 1. The molecular weight excluding hydrogens is 213 g/mol. The molecule has 15 heavy (non-hydrogen) atoms. The van der Waals surface area contributed by atoms with E-state index in [2.05, 4.69) is 9.72 Å². The summed E-state index contributed by atoms with van der Waals surface area (Å²) in [4.78, 5) is 3.32.